The molecule has 4 nitrogen and oxygen atoms in total. The number of hydrogen-bond acceptors (Lipinski definition) is 3. The Balaban J connectivity index is 1.32. The van der Waals surface area contributed by atoms with Crippen LogP contribution in [0.25, 0.3) is 0 Å². The predicted octanol–water partition coefficient (Wildman–Crippen LogP) is 1.22. The molecular weight excluding hydrogens is 262 g/mol. The second-order valence-corrected chi connectivity index (χ2v) is 6.65. The first kappa shape index (κ1) is 13.3. The first-order valence-electron chi connectivity index (χ1n) is 8.12. The highest BCUT2D eigenvalue weighted by Gasteiger charge is 2.46. The highest BCUT2D eigenvalue weighted by molar-refractivity contribution is 5.85. The lowest BCUT2D eigenvalue weighted by Crippen LogP contribution is -2.54. The van der Waals surface area contributed by atoms with E-state index in [1.807, 2.05) is 0 Å². The van der Waals surface area contributed by atoms with Crippen LogP contribution in [0.5, 0.6) is 0 Å². The van der Waals surface area contributed by atoms with Crippen molar-refractivity contribution in [1.82, 2.24) is 15.1 Å². The number of nitrogens with one attached hydrogen (secondary N) is 1. The van der Waals surface area contributed by atoms with Gasteiger partial charge in [-0.15, -0.1) is 0 Å². The molecule has 0 radical (unpaired) electrons. The molecule has 3 heterocycles. The largest absolute Gasteiger partial charge is 0.351 e. The summed E-state index contributed by atoms with van der Waals surface area (Å²) >= 11 is 0. The number of nitrogens with zero attached hydrogens (tertiary/aromatic N) is 2. The maximum absolute atomic E-state index is 11.8. The number of fused-ring (bicyclic) bond motifs is 2. The van der Waals surface area contributed by atoms with Gasteiger partial charge >= 0.3 is 0 Å². The average molecular weight is 285 g/mol. The van der Waals surface area contributed by atoms with Gasteiger partial charge in [-0.2, -0.15) is 0 Å². The van der Waals surface area contributed by atoms with Crippen LogP contribution in [0.1, 0.15) is 24.8 Å². The molecule has 4 heteroatoms. The summed E-state index contributed by atoms with van der Waals surface area (Å²) in [7, 11) is 0. The maximum atomic E-state index is 11.8. The number of carbonyl (C=O) groups excluding carboxylic acids is 1. The molecule has 1 aromatic carbocycles. The summed E-state index contributed by atoms with van der Waals surface area (Å²) in [6.07, 6.45) is 3.43. The fourth-order valence-corrected chi connectivity index (χ4v) is 4.18. The SMILES string of the molecule is O=C1N[C@@H]2C[C@H]1N(C1CCN(Cc3ccccc3)CC1)C2. The first-order chi connectivity index (χ1) is 10.3. The van der Waals surface area contributed by atoms with Crippen LogP contribution in [0.15, 0.2) is 30.3 Å². The molecule has 3 saturated heterocycles. The lowest BCUT2D eigenvalue weighted by atomic mass is 10.0. The normalized spacial score (nSPS) is 30.8. The van der Waals surface area contributed by atoms with E-state index in [-0.39, 0.29) is 11.9 Å². The van der Waals surface area contributed by atoms with Gasteiger partial charge in [-0.05, 0) is 37.9 Å². The number of hydrogen-bond donors (Lipinski definition) is 1. The van der Waals surface area contributed by atoms with E-state index in [1.165, 1.54) is 18.4 Å². The van der Waals surface area contributed by atoms with Crippen molar-refractivity contribution in [3.05, 3.63) is 35.9 Å². The van der Waals surface area contributed by atoms with Crippen LogP contribution in [0, 0.1) is 0 Å². The van der Waals surface area contributed by atoms with E-state index in [1.54, 1.807) is 0 Å². The third kappa shape index (κ3) is 2.58. The van der Waals surface area contributed by atoms with Crippen LogP contribution in [0.3, 0.4) is 0 Å². The number of piperazine rings is 1. The second-order valence-electron chi connectivity index (χ2n) is 6.65. The third-order valence-electron chi connectivity index (χ3n) is 5.26. The molecule has 0 spiro atoms. The standard InChI is InChI=1S/C17H23N3O/c21-17-16-10-14(18-17)12-20(16)15-6-8-19(9-7-15)11-13-4-2-1-3-5-13/h1-5,14-16H,6-12H2,(H,18,21)/t14-,16-/m1/s1. The van der Waals surface area contributed by atoms with Gasteiger partial charge in [-0.25, -0.2) is 0 Å². The van der Waals surface area contributed by atoms with Crippen LogP contribution in [0.4, 0.5) is 0 Å². The van der Waals surface area contributed by atoms with E-state index in [0.29, 0.717) is 12.1 Å². The smallest absolute Gasteiger partial charge is 0.237 e. The van der Waals surface area contributed by atoms with E-state index >= 15 is 0 Å². The summed E-state index contributed by atoms with van der Waals surface area (Å²) in [6, 6.07) is 11.9. The zero-order valence-electron chi connectivity index (χ0n) is 12.4. The van der Waals surface area contributed by atoms with Crippen molar-refractivity contribution in [3.8, 4) is 0 Å². The van der Waals surface area contributed by atoms with Crippen LogP contribution < -0.4 is 5.32 Å². The number of carbonyl (C=O) groups is 1. The number of benzene rings is 1. The summed E-state index contributed by atoms with van der Waals surface area (Å²) < 4.78 is 0. The lowest BCUT2D eigenvalue weighted by Gasteiger charge is -2.40. The van der Waals surface area contributed by atoms with Gasteiger partial charge in [0.2, 0.25) is 5.91 Å². The molecule has 4 rings (SSSR count). The summed E-state index contributed by atoms with van der Waals surface area (Å²) in [4.78, 5) is 16.8. The van der Waals surface area contributed by atoms with Crippen molar-refractivity contribution in [2.45, 2.75) is 43.9 Å². The van der Waals surface area contributed by atoms with Crippen LogP contribution in [-0.2, 0) is 11.3 Å². The van der Waals surface area contributed by atoms with Crippen molar-refractivity contribution in [2.75, 3.05) is 19.6 Å². The molecule has 1 aromatic rings. The summed E-state index contributed by atoms with van der Waals surface area (Å²) in [5.74, 6) is 0.262. The van der Waals surface area contributed by atoms with E-state index in [0.717, 1.165) is 32.6 Å². The van der Waals surface area contributed by atoms with Gasteiger partial charge in [0.15, 0.2) is 0 Å². The summed E-state index contributed by atoms with van der Waals surface area (Å²) in [6.45, 7) is 4.42. The molecule has 2 bridgehead atoms. The van der Waals surface area contributed by atoms with Gasteiger partial charge in [0.05, 0.1) is 6.04 Å². The van der Waals surface area contributed by atoms with Crippen LogP contribution in [-0.4, -0.2) is 53.5 Å². The van der Waals surface area contributed by atoms with E-state index in [4.69, 9.17) is 0 Å². The Bertz CT molecular complexity index is 510. The monoisotopic (exact) mass is 285 g/mol. The molecule has 0 aliphatic carbocycles. The molecule has 2 atom stereocenters. The van der Waals surface area contributed by atoms with Crippen molar-refractivity contribution in [2.24, 2.45) is 0 Å². The fraction of sp³-hybridized carbons (Fsp3) is 0.588. The zero-order valence-corrected chi connectivity index (χ0v) is 12.4. The first-order valence-corrected chi connectivity index (χ1v) is 8.12. The van der Waals surface area contributed by atoms with Crippen molar-refractivity contribution >= 4 is 5.91 Å². The third-order valence-corrected chi connectivity index (χ3v) is 5.26. The Morgan fingerprint density at radius 2 is 1.90 bits per heavy atom. The Morgan fingerprint density at radius 1 is 1.14 bits per heavy atom. The predicted molar refractivity (Wildman–Crippen MR) is 81.8 cm³/mol. The van der Waals surface area contributed by atoms with Gasteiger partial charge in [-0.1, -0.05) is 30.3 Å². The second kappa shape index (κ2) is 5.43. The minimum absolute atomic E-state index is 0.167. The number of amides is 1. The van der Waals surface area contributed by atoms with Crippen LogP contribution >= 0.6 is 0 Å². The average Bonchev–Trinajstić information content (AvgIpc) is 3.08. The van der Waals surface area contributed by atoms with Gasteiger partial charge in [0.25, 0.3) is 0 Å². The molecule has 0 aromatic heterocycles. The summed E-state index contributed by atoms with van der Waals surface area (Å²) in [5, 5.41) is 3.07. The minimum atomic E-state index is 0.167. The quantitative estimate of drug-likeness (QED) is 0.907. The van der Waals surface area contributed by atoms with E-state index < -0.39 is 0 Å². The van der Waals surface area contributed by atoms with Gasteiger partial charge in [0.1, 0.15) is 0 Å². The molecule has 0 unspecified atom stereocenters. The summed E-state index contributed by atoms with van der Waals surface area (Å²) in [5.41, 5.74) is 1.40. The molecule has 1 amide bonds. The Labute approximate surface area is 126 Å². The number of piperidine rings is 1. The van der Waals surface area contributed by atoms with Crippen LogP contribution in [0.2, 0.25) is 0 Å². The Hall–Kier alpha value is -1.39. The minimum Gasteiger partial charge on any atom is -0.351 e. The topological polar surface area (TPSA) is 35.6 Å². The van der Waals surface area contributed by atoms with E-state index in [9.17, 15) is 4.79 Å². The number of likely N-dealkylation sites (tertiary alicyclic amines) is 2. The molecule has 3 aliphatic rings. The zero-order chi connectivity index (χ0) is 14.2. The Kier molecular flexibility index (Phi) is 3.43. The fourth-order valence-electron chi connectivity index (χ4n) is 4.18. The molecule has 1 N–H and O–H groups in total. The van der Waals surface area contributed by atoms with Gasteiger partial charge in [0, 0.05) is 25.2 Å². The van der Waals surface area contributed by atoms with Crippen molar-refractivity contribution in [3.63, 3.8) is 0 Å². The van der Waals surface area contributed by atoms with Crippen molar-refractivity contribution in [1.29, 1.82) is 0 Å². The highest BCUT2D eigenvalue weighted by atomic mass is 16.2. The molecule has 21 heavy (non-hydrogen) atoms. The Morgan fingerprint density at radius 3 is 2.57 bits per heavy atom. The lowest BCUT2D eigenvalue weighted by molar-refractivity contribution is -0.126. The van der Waals surface area contributed by atoms with Crippen molar-refractivity contribution < 1.29 is 4.79 Å². The maximum Gasteiger partial charge on any atom is 0.237 e. The van der Waals surface area contributed by atoms with Gasteiger partial charge in [-0.3, -0.25) is 14.6 Å². The molecular formula is C17H23N3O. The van der Waals surface area contributed by atoms with Gasteiger partial charge < -0.3 is 5.32 Å². The number of rotatable bonds is 3. The highest BCUT2D eigenvalue weighted by Crippen LogP contribution is 2.30. The molecule has 0 saturated carbocycles. The van der Waals surface area contributed by atoms with E-state index in [2.05, 4.69) is 45.4 Å². The molecule has 112 valence electrons. The molecule has 3 aliphatic heterocycles. The molecule has 3 fully saturated rings.